The molecule has 5 nitrogen and oxygen atoms in total. The topological polar surface area (TPSA) is 89.3 Å². The molecule has 0 fully saturated rings. The SMILES string of the molecule is Cc1ccc(S(=O)(=O)Cc2ccc(C(=O)NC(CN)CC(C)C)cc2)cc1.Cl. The highest BCUT2D eigenvalue weighted by Gasteiger charge is 2.17. The maximum atomic E-state index is 12.5. The second kappa shape index (κ2) is 10.6. The Balaban J connectivity index is 0.00000392. The molecule has 1 amide bonds. The second-order valence-electron chi connectivity index (χ2n) is 7.30. The molecule has 1 atom stereocenters. The summed E-state index contributed by atoms with van der Waals surface area (Å²) in [6, 6.07) is 13.4. The summed E-state index contributed by atoms with van der Waals surface area (Å²) in [6.45, 7) is 6.46. The third-order valence-electron chi connectivity index (χ3n) is 4.33. The van der Waals surface area contributed by atoms with Crippen LogP contribution in [0.3, 0.4) is 0 Å². The first-order chi connectivity index (χ1) is 12.7. The molecule has 2 aromatic rings. The Morgan fingerprint density at radius 2 is 1.61 bits per heavy atom. The summed E-state index contributed by atoms with van der Waals surface area (Å²) in [6.07, 6.45) is 0.815. The minimum atomic E-state index is -3.42. The molecule has 2 aromatic carbocycles. The number of rotatable bonds is 8. The number of nitrogens with two attached hydrogens (primary N) is 1. The number of halogens is 1. The fourth-order valence-electron chi connectivity index (χ4n) is 2.85. The maximum absolute atomic E-state index is 12.5. The van der Waals surface area contributed by atoms with Crippen LogP contribution in [0.5, 0.6) is 0 Å². The zero-order chi connectivity index (χ0) is 20.0. The Bertz CT molecular complexity index is 864. The molecule has 0 spiro atoms. The van der Waals surface area contributed by atoms with Gasteiger partial charge in [-0.25, -0.2) is 8.42 Å². The van der Waals surface area contributed by atoms with Crippen molar-refractivity contribution in [3.63, 3.8) is 0 Å². The molecule has 0 radical (unpaired) electrons. The quantitative estimate of drug-likeness (QED) is 0.678. The fraction of sp³-hybridized carbons (Fsp3) is 0.381. The van der Waals surface area contributed by atoms with Crippen LogP contribution in [0.4, 0.5) is 0 Å². The lowest BCUT2D eigenvalue weighted by Crippen LogP contribution is -2.41. The monoisotopic (exact) mass is 424 g/mol. The molecule has 154 valence electrons. The molecule has 1 unspecified atom stereocenters. The molecule has 0 bridgehead atoms. The predicted molar refractivity (Wildman–Crippen MR) is 116 cm³/mol. The van der Waals surface area contributed by atoms with Gasteiger partial charge in [0, 0.05) is 18.2 Å². The molecule has 0 aliphatic heterocycles. The summed E-state index contributed by atoms with van der Waals surface area (Å²) in [7, 11) is -3.42. The van der Waals surface area contributed by atoms with Gasteiger partial charge in [0.15, 0.2) is 9.84 Å². The van der Waals surface area contributed by atoms with Crippen LogP contribution in [-0.4, -0.2) is 26.9 Å². The Labute approximate surface area is 174 Å². The molecule has 28 heavy (non-hydrogen) atoms. The van der Waals surface area contributed by atoms with E-state index in [1.807, 2.05) is 6.92 Å². The highest BCUT2D eigenvalue weighted by atomic mass is 35.5. The predicted octanol–water partition coefficient (Wildman–Crippen LogP) is 3.49. The van der Waals surface area contributed by atoms with Crippen LogP contribution in [0.2, 0.25) is 0 Å². The molecule has 0 saturated carbocycles. The van der Waals surface area contributed by atoms with Crippen LogP contribution < -0.4 is 11.1 Å². The number of carbonyl (C=O) groups is 1. The van der Waals surface area contributed by atoms with Gasteiger partial charge in [-0.3, -0.25) is 4.79 Å². The summed E-state index contributed by atoms with van der Waals surface area (Å²) in [5, 5.41) is 2.93. The van der Waals surface area contributed by atoms with E-state index in [1.54, 1.807) is 48.5 Å². The van der Waals surface area contributed by atoms with Crippen molar-refractivity contribution >= 4 is 28.2 Å². The van der Waals surface area contributed by atoms with Crippen LogP contribution in [0.25, 0.3) is 0 Å². The van der Waals surface area contributed by atoms with Gasteiger partial charge in [0.05, 0.1) is 10.6 Å². The van der Waals surface area contributed by atoms with E-state index < -0.39 is 9.84 Å². The summed E-state index contributed by atoms with van der Waals surface area (Å²) in [5.41, 5.74) is 7.87. The molecule has 0 aliphatic carbocycles. The summed E-state index contributed by atoms with van der Waals surface area (Å²) in [5.74, 6) is 0.142. The zero-order valence-corrected chi connectivity index (χ0v) is 18.1. The van der Waals surface area contributed by atoms with Gasteiger partial charge in [-0.1, -0.05) is 43.7 Å². The van der Waals surface area contributed by atoms with Gasteiger partial charge in [-0.05, 0) is 49.1 Å². The van der Waals surface area contributed by atoms with Gasteiger partial charge < -0.3 is 11.1 Å². The van der Waals surface area contributed by atoms with Crippen molar-refractivity contribution in [2.24, 2.45) is 11.7 Å². The van der Waals surface area contributed by atoms with Crippen molar-refractivity contribution in [1.29, 1.82) is 0 Å². The first-order valence-corrected chi connectivity index (χ1v) is 10.8. The van der Waals surface area contributed by atoms with E-state index in [2.05, 4.69) is 19.2 Å². The Kier molecular flexibility index (Phi) is 9.14. The van der Waals surface area contributed by atoms with E-state index in [0.29, 0.717) is 28.5 Å². The van der Waals surface area contributed by atoms with Gasteiger partial charge >= 0.3 is 0 Å². The Hall–Kier alpha value is -1.89. The van der Waals surface area contributed by atoms with Gasteiger partial charge in [0.2, 0.25) is 0 Å². The lowest BCUT2D eigenvalue weighted by Gasteiger charge is -2.18. The van der Waals surface area contributed by atoms with Gasteiger partial charge in [-0.2, -0.15) is 0 Å². The van der Waals surface area contributed by atoms with Crippen molar-refractivity contribution in [2.45, 2.75) is 43.9 Å². The van der Waals surface area contributed by atoms with Crippen molar-refractivity contribution in [3.05, 3.63) is 65.2 Å². The van der Waals surface area contributed by atoms with Crippen molar-refractivity contribution in [1.82, 2.24) is 5.32 Å². The van der Waals surface area contributed by atoms with E-state index in [9.17, 15) is 13.2 Å². The average molecular weight is 425 g/mol. The average Bonchev–Trinajstić information content (AvgIpc) is 2.61. The van der Waals surface area contributed by atoms with Gasteiger partial charge in [0.25, 0.3) is 5.91 Å². The molecule has 0 aliphatic rings. The highest BCUT2D eigenvalue weighted by molar-refractivity contribution is 7.90. The van der Waals surface area contributed by atoms with E-state index in [4.69, 9.17) is 5.73 Å². The summed E-state index contributed by atoms with van der Waals surface area (Å²) >= 11 is 0. The molecule has 0 heterocycles. The molecular formula is C21H29ClN2O3S. The number of carbonyl (C=O) groups excluding carboxylic acids is 1. The first-order valence-electron chi connectivity index (χ1n) is 9.10. The lowest BCUT2D eigenvalue weighted by atomic mass is 10.0. The molecule has 0 aromatic heterocycles. The van der Waals surface area contributed by atoms with Gasteiger partial charge in [-0.15, -0.1) is 12.4 Å². The zero-order valence-electron chi connectivity index (χ0n) is 16.5. The van der Waals surface area contributed by atoms with E-state index in [1.165, 1.54) is 0 Å². The standard InChI is InChI=1S/C21H28N2O3S.ClH/c1-15(2)12-19(13-22)23-21(24)18-8-6-17(7-9-18)14-27(25,26)20-10-4-16(3)5-11-20;/h4-11,15,19H,12-14,22H2,1-3H3,(H,23,24);1H. The fourth-order valence-corrected chi connectivity index (χ4v) is 4.20. The molecule has 7 heteroatoms. The number of amides is 1. The van der Waals surface area contributed by atoms with E-state index in [-0.39, 0.29) is 30.1 Å². The summed E-state index contributed by atoms with van der Waals surface area (Å²) < 4.78 is 25.1. The Morgan fingerprint density at radius 1 is 1.04 bits per heavy atom. The molecular weight excluding hydrogens is 396 g/mol. The van der Waals surface area contributed by atoms with Crippen LogP contribution in [-0.2, 0) is 15.6 Å². The minimum absolute atomic E-state index is 0. The van der Waals surface area contributed by atoms with E-state index >= 15 is 0 Å². The second-order valence-corrected chi connectivity index (χ2v) is 9.29. The van der Waals surface area contributed by atoms with Crippen LogP contribution >= 0.6 is 12.4 Å². The molecule has 3 N–H and O–H groups in total. The normalized spacial score (nSPS) is 12.3. The van der Waals surface area contributed by atoms with Crippen LogP contribution in [0, 0.1) is 12.8 Å². The van der Waals surface area contributed by atoms with Crippen LogP contribution in [0.1, 0.15) is 41.8 Å². The molecule has 0 saturated heterocycles. The first kappa shape index (κ1) is 24.1. The third kappa shape index (κ3) is 6.93. The van der Waals surface area contributed by atoms with Crippen molar-refractivity contribution in [2.75, 3.05) is 6.54 Å². The largest absolute Gasteiger partial charge is 0.348 e. The van der Waals surface area contributed by atoms with Gasteiger partial charge in [0.1, 0.15) is 0 Å². The number of hydrogen-bond acceptors (Lipinski definition) is 4. The van der Waals surface area contributed by atoms with Crippen molar-refractivity contribution < 1.29 is 13.2 Å². The minimum Gasteiger partial charge on any atom is -0.348 e. The number of sulfone groups is 1. The number of aryl methyl sites for hydroxylation is 1. The lowest BCUT2D eigenvalue weighted by molar-refractivity contribution is 0.0933. The number of hydrogen-bond donors (Lipinski definition) is 2. The molecule has 2 rings (SSSR count). The summed E-state index contributed by atoms with van der Waals surface area (Å²) in [4.78, 5) is 12.7. The maximum Gasteiger partial charge on any atom is 0.251 e. The Morgan fingerprint density at radius 3 is 2.11 bits per heavy atom. The van der Waals surface area contributed by atoms with Crippen molar-refractivity contribution in [3.8, 4) is 0 Å². The smallest absolute Gasteiger partial charge is 0.251 e. The highest BCUT2D eigenvalue weighted by Crippen LogP contribution is 2.17. The third-order valence-corrected chi connectivity index (χ3v) is 6.03. The van der Waals surface area contributed by atoms with Crippen LogP contribution in [0.15, 0.2) is 53.4 Å². The number of benzene rings is 2. The van der Waals surface area contributed by atoms with E-state index in [0.717, 1.165) is 12.0 Å². The number of nitrogens with one attached hydrogen (secondary N) is 1.